The summed E-state index contributed by atoms with van der Waals surface area (Å²) in [5.41, 5.74) is 0. The molecule has 0 aromatic heterocycles. The first-order chi connectivity index (χ1) is 9.10. The summed E-state index contributed by atoms with van der Waals surface area (Å²) in [6.07, 6.45) is 5.62. The minimum Gasteiger partial charge on any atom is -0.397 e. The molecule has 0 aliphatic rings. The second-order valence-corrected chi connectivity index (χ2v) is 9.55. The van der Waals surface area contributed by atoms with Crippen LogP contribution in [0, 0.1) is 0 Å². The summed E-state index contributed by atoms with van der Waals surface area (Å²) in [6.45, 7) is 13.9. The van der Waals surface area contributed by atoms with Gasteiger partial charge in [0.2, 0.25) is 0 Å². The highest BCUT2D eigenvalue weighted by molar-refractivity contribution is 6.66. The number of unbranched alkanes of at least 4 members (excludes halogenated alkanes) is 1. The summed E-state index contributed by atoms with van der Waals surface area (Å²) in [4.78, 5) is 0. The molecule has 0 radical (unpaired) electrons. The topological polar surface area (TPSA) is 36.9 Å². The number of allylic oxidation sites excluding steroid dienone is 1. The molecule has 0 heterocycles. The van der Waals surface area contributed by atoms with E-state index in [0.717, 1.165) is 25.7 Å². The lowest BCUT2D eigenvalue weighted by atomic mass is 10.3. The molecular weight excluding hydrogens is 276 g/mol. The van der Waals surface area contributed by atoms with Crippen molar-refractivity contribution in [3.8, 4) is 0 Å². The summed E-state index contributed by atoms with van der Waals surface area (Å²) >= 11 is 0. The third kappa shape index (κ3) is 9.53. The van der Waals surface area contributed by atoms with Crippen LogP contribution in [0.25, 0.3) is 0 Å². The smallest absolute Gasteiger partial charge is 0.397 e. The van der Waals surface area contributed by atoms with Crippen LogP contribution in [0.2, 0.25) is 13.1 Å². The Balaban J connectivity index is 4.52. The van der Waals surface area contributed by atoms with Gasteiger partial charge in [-0.25, -0.2) is 0 Å². The molecule has 0 atom stereocenters. The van der Waals surface area contributed by atoms with E-state index in [1.807, 2.05) is 6.08 Å². The van der Waals surface area contributed by atoms with Gasteiger partial charge < -0.3 is 17.4 Å². The molecule has 114 valence electrons. The Morgan fingerprint density at radius 1 is 1.00 bits per heavy atom. The largest absolute Gasteiger partial charge is 0.668 e. The normalized spacial score (nSPS) is 12.1. The zero-order valence-corrected chi connectivity index (χ0v) is 15.1. The Morgan fingerprint density at radius 3 is 1.95 bits per heavy atom. The number of rotatable bonds is 13. The van der Waals surface area contributed by atoms with Gasteiger partial charge in [0.15, 0.2) is 9.04 Å². The van der Waals surface area contributed by atoms with E-state index in [-0.39, 0.29) is 0 Å². The summed E-state index contributed by atoms with van der Waals surface area (Å²) in [7, 11) is -4.20. The SMILES string of the molecule is C=CCCCO[Si](OCCC)(OCCC)O[SiH](C)C. The molecule has 0 spiro atoms. The highest BCUT2D eigenvalue weighted by Gasteiger charge is 2.45. The van der Waals surface area contributed by atoms with Gasteiger partial charge in [0, 0.05) is 19.8 Å². The Labute approximate surface area is 121 Å². The molecule has 0 saturated heterocycles. The molecule has 0 N–H and O–H groups in total. The maximum absolute atomic E-state index is 6.01. The third-order valence-corrected chi connectivity index (χ3v) is 6.89. The van der Waals surface area contributed by atoms with Crippen molar-refractivity contribution in [1.29, 1.82) is 0 Å². The van der Waals surface area contributed by atoms with Gasteiger partial charge >= 0.3 is 9.05 Å². The first-order valence-corrected chi connectivity index (χ1v) is 11.7. The Morgan fingerprint density at radius 2 is 1.53 bits per heavy atom. The molecule has 19 heavy (non-hydrogen) atoms. The van der Waals surface area contributed by atoms with Gasteiger partial charge in [0.25, 0.3) is 0 Å². The van der Waals surface area contributed by atoms with E-state index in [2.05, 4.69) is 33.5 Å². The molecule has 0 bridgehead atoms. The van der Waals surface area contributed by atoms with Gasteiger partial charge in [-0.3, -0.25) is 0 Å². The average molecular weight is 307 g/mol. The Kier molecular flexibility index (Phi) is 11.8. The molecule has 6 heteroatoms. The van der Waals surface area contributed by atoms with Crippen LogP contribution in [-0.4, -0.2) is 37.9 Å². The quantitative estimate of drug-likeness (QED) is 0.297. The van der Waals surface area contributed by atoms with Crippen LogP contribution in [0.5, 0.6) is 0 Å². The van der Waals surface area contributed by atoms with Crippen LogP contribution >= 0.6 is 0 Å². The van der Waals surface area contributed by atoms with E-state index in [1.54, 1.807) is 0 Å². The molecule has 0 amide bonds. The first kappa shape index (κ1) is 19.0. The molecule has 0 aromatic rings. The monoisotopic (exact) mass is 306 g/mol. The number of hydrogen-bond donors (Lipinski definition) is 0. The molecule has 0 unspecified atom stereocenters. The van der Waals surface area contributed by atoms with Crippen LogP contribution in [0.1, 0.15) is 39.5 Å². The van der Waals surface area contributed by atoms with Crippen molar-refractivity contribution in [3.05, 3.63) is 12.7 Å². The second kappa shape index (κ2) is 11.8. The lowest BCUT2D eigenvalue weighted by Gasteiger charge is -2.29. The summed E-state index contributed by atoms with van der Waals surface area (Å²) < 4.78 is 23.6. The summed E-state index contributed by atoms with van der Waals surface area (Å²) in [5.74, 6) is 0. The Hall–Kier alpha value is 0.0138. The molecule has 0 aliphatic carbocycles. The van der Waals surface area contributed by atoms with Crippen LogP contribution in [0.3, 0.4) is 0 Å². The molecule has 0 aromatic carbocycles. The fraction of sp³-hybridized carbons (Fsp3) is 0.846. The van der Waals surface area contributed by atoms with Crippen LogP contribution < -0.4 is 0 Å². The molecule has 0 rings (SSSR count). The molecule has 4 nitrogen and oxygen atoms in total. The lowest BCUT2D eigenvalue weighted by Crippen LogP contribution is -2.52. The Bertz CT molecular complexity index is 217. The molecular formula is C13H30O4Si2. The van der Waals surface area contributed by atoms with Crippen molar-refractivity contribution in [1.82, 2.24) is 0 Å². The van der Waals surface area contributed by atoms with Gasteiger partial charge in [-0.15, -0.1) is 6.58 Å². The van der Waals surface area contributed by atoms with Crippen molar-refractivity contribution in [2.24, 2.45) is 0 Å². The minimum atomic E-state index is -2.92. The van der Waals surface area contributed by atoms with Crippen LogP contribution in [-0.2, 0) is 17.4 Å². The number of hydrogen-bond acceptors (Lipinski definition) is 4. The van der Waals surface area contributed by atoms with Gasteiger partial charge in [-0.05, 0) is 38.8 Å². The van der Waals surface area contributed by atoms with Crippen molar-refractivity contribution in [3.63, 3.8) is 0 Å². The van der Waals surface area contributed by atoms with E-state index in [1.165, 1.54) is 0 Å². The zero-order chi connectivity index (χ0) is 14.6. The fourth-order valence-electron chi connectivity index (χ4n) is 1.39. The maximum Gasteiger partial charge on any atom is 0.668 e. The average Bonchev–Trinajstić information content (AvgIpc) is 2.38. The van der Waals surface area contributed by atoms with Crippen molar-refractivity contribution >= 4 is 18.1 Å². The summed E-state index contributed by atoms with van der Waals surface area (Å²) in [5, 5.41) is 0. The predicted octanol–water partition coefficient (Wildman–Crippen LogP) is 3.26. The van der Waals surface area contributed by atoms with Gasteiger partial charge in [0.1, 0.15) is 0 Å². The van der Waals surface area contributed by atoms with E-state index < -0.39 is 18.1 Å². The molecule has 0 aliphatic heterocycles. The molecule has 0 saturated carbocycles. The molecule has 0 fully saturated rings. The van der Waals surface area contributed by atoms with Gasteiger partial charge in [0.05, 0.1) is 0 Å². The highest BCUT2D eigenvalue weighted by Crippen LogP contribution is 2.15. The maximum atomic E-state index is 6.01. The van der Waals surface area contributed by atoms with E-state index in [9.17, 15) is 0 Å². The third-order valence-electron chi connectivity index (χ3n) is 2.18. The van der Waals surface area contributed by atoms with Gasteiger partial charge in [-0.1, -0.05) is 19.9 Å². The first-order valence-electron chi connectivity index (χ1n) is 7.30. The standard InChI is InChI=1S/C13H30O4Si2/c1-6-9-10-13-16-19(14-11-7-2,15-12-8-3)17-18(4)5/h6,18H,1,7-13H2,2-5H3. The fourth-order valence-corrected chi connectivity index (χ4v) is 6.07. The van der Waals surface area contributed by atoms with Crippen molar-refractivity contribution < 1.29 is 17.4 Å². The minimum absolute atomic E-state index is 0.604. The van der Waals surface area contributed by atoms with Crippen LogP contribution in [0.4, 0.5) is 0 Å². The van der Waals surface area contributed by atoms with Crippen molar-refractivity contribution in [2.45, 2.75) is 52.6 Å². The van der Waals surface area contributed by atoms with E-state index >= 15 is 0 Å². The predicted molar refractivity (Wildman–Crippen MR) is 83.6 cm³/mol. The van der Waals surface area contributed by atoms with E-state index in [4.69, 9.17) is 17.4 Å². The zero-order valence-electron chi connectivity index (χ0n) is 12.9. The van der Waals surface area contributed by atoms with Crippen LogP contribution in [0.15, 0.2) is 12.7 Å². The van der Waals surface area contributed by atoms with Crippen molar-refractivity contribution in [2.75, 3.05) is 19.8 Å². The summed E-state index contributed by atoms with van der Waals surface area (Å²) in [6, 6.07) is 0. The second-order valence-electron chi connectivity index (χ2n) is 4.64. The highest BCUT2D eigenvalue weighted by atomic mass is 28.4. The van der Waals surface area contributed by atoms with Gasteiger partial charge in [-0.2, -0.15) is 0 Å². The van der Waals surface area contributed by atoms with E-state index in [0.29, 0.717) is 19.8 Å². The lowest BCUT2D eigenvalue weighted by molar-refractivity contribution is -0.000542.